The number of fused-ring (bicyclic) bond motifs is 1. The molecule has 1 spiro atoms. The van der Waals surface area contributed by atoms with Crippen molar-refractivity contribution in [1.29, 1.82) is 0 Å². The van der Waals surface area contributed by atoms with Gasteiger partial charge in [-0.1, -0.05) is 13.8 Å². The van der Waals surface area contributed by atoms with E-state index in [1.807, 2.05) is 4.90 Å². The van der Waals surface area contributed by atoms with E-state index in [1.165, 1.54) is 10.6 Å². The molecule has 4 heterocycles. The Kier molecular flexibility index (Phi) is 4.66. The number of hydrogen-bond acceptors (Lipinski definition) is 7. The molecule has 10 nitrogen and oxygen atoms in total. The second-order valence-corrected chi connectivity index (χ2v) is 12.9. The molecule has 34 heavy (non-hydrogen) atoms. The second kappa shape index (κ2) is 7.13. The number of amides is 2. The fourth-order valence-electron chi connectivity index (χ4n) is 7.19. The average Bonchev–Trinajstić information content (AvgIpc) is 3.16. The Balaban J connectivity index is 1.32. The molecule has 1 aromatic heterocycles. The fourth-order valence-corrected chi connectivity index (χ4v) is 8.07. The van der Waals surface area contributed by atoms with Crippen molar-refractivity contribution in [1.82, 2.24) is 19.6 Å². The van der Waals surface area contributed by atoms with E-state index in [1.54, 1.807) is 6.20 Å². The van der Waals surface area contributed by atoms with Crippen molar-refractivity contribution in [3.8, 4) is 0 Å². The summed E-state index contributed by atoms with van der Waals surface area (Å²) >= 11 is 0. The van der Waals surface area contributed by atoms with Crippen molar-refractivity contribution in [3.05, 3.63) is 11.8 Å². The molecule has 184 valence electrons. The predicted molar refractivity (Wildman–Crippen MR) is 126 cm³/mol. The van der Waals surface area contributed by atoms with Crippen LogP contribution in [0.4, 0.5) is 11.8 Å². The molecule has 3 aliphatic carbocycles. The molecule has 3 saturated carbocycles. The van der Waals surface area contributed by atoms with Crippen LogP contribution in [0.25, 0.3) is 0 Å². The van der Waals surface area contributed by atoms with Gasteiger partial charge in [-0.2, -0.15) is 4.98 Å². The third kappa shape index (κ3) is 2.79. The van der Waals surface area contributed by atoms with Gasteiger partial charge in [-0.3, -0.25) is 14.5 Å². The van der Waals surface area contributed by atoms with Crippen molar-refractivity contribution in [2.45, 2.75) is 57.5 Å². The van der Waals surface area contributed by atoms with Gasteiger partial charge in [0.1, 0.15) is 11.2 Å². The lowest BCUT2D eigenvalue weighted by Crippen LogP contribution is -2.83. The van der Waals surface area contributed by atoms with Crippen LogP contribution in [0.3, 0.4) is 0 Å². The number of carbonyl (C=O) groups excluding carboxylic acids is 2. The topological polar surface area (TPSA) is 125 Å². The van der Waals surface area contributed by atoms with Crippen LogP contribution in [0, 0.1) is 23.2 Å². The summed E-state index contributed by atoms with van der Waals surface area (Å²) in [7, 11) is -3.18. The largest absolute Gasteiger partial charge is 0.355 e. The van der Waals surface area contributed by atoms with Crippen molar-refractivity contribution in [2.75, 3.05) is 36.1 Å². The van der Waals surface area contributed by atoms with E-state index >= 15 is 0 Å². The number of rotatable bonds is 4. The SMILES string of the molecule is C[C@@H]1C2CC1(N1C(=O)[C@]3(CCNC3=O)Cc3cnc(NC4CCN(S(C)(=O)=O)CC4)nc31)[C@@H]2C. The molecule has 2 N–H and O–H groups in total. The minimum Gasteiger partial charge on any atom is -0.355 e. The maximum absolute atomic E-state index is 14.0. The highest BCUT2D eigenvalue weighted by Crippen LogP contribution is 2.70. The second-order valence-electron chi connectivity index (χ2n) is 11.0. The summed E-state index contributed by atoms with van der Waals surface area (Å²) in [5.74, 6) is 2.17. The number of nitrogens with one attached hydrogen (secondary N) is 2. The summed E-state index contributed by atoms with van der Waals surface area (Å²) < 4.78 is 25.1. The van der Waals surface area contributed by atoms with Crippen LogP contribution in [0.1, 0.15) is 45.1 Å². The van der Waals surface area contributed by atoms with Crippen molar-refractivity contribution in [2.24, 2.45) is 23.2 Å². The molecule has 2 saturated heterocycles. The molecular formula is C23H32N6O4S. The summed E-state index contributed by atoms with van der Waals surface area (Å²) in [6, 6.07) is 0.0588. The maximum Gasteiger partial charge on any atom is 0.244 e. The molecule has 0 radical (unpaired) electrons. The highest BCUT2D eigenvalue weighted by Gasteiger charge is 2.75. The average molecular weight is 489 g/mol. The zero-order valence-corrected chi connectivity index (χ0v) is 20.7. The van der Waals surface area contributed by atoms with E-state index in [-0.39, 0.29) is 23.4 Å². The summed E-state index contributed by atoms with van der Waals surface area (Å²) in [6.07, 6.45) is 6.13. The summed E-state index contributed by atoms with van der Waals surface area (Å²) in [6.45, 7) is 5.84. The highest BCUT2D eigenvalue weighted by molar-refractivity contribution is 7.88. The van der Waals surface area contributed by atoms with E-state index in [0.29, 0.717) is 74.8 Å². The van der Waals surface area contributed by atoms with E-state index in [0.717, 1.165) is 12.0 Å². The molecular weight excluding hydrogens is 456 g/mol. The van der Waals surface area contributed by atoms with Gasteiger partial charge < -0.3 is 10.6 Å². The van der Waals surface area contributed by atoms with E-state index in [2.05, 4.69) is 29.5 Å². The van der Waals surface area contributed by atoms with E-state index in [4.69, 9.17) is 4.98 Å². The quantitative estimate of drug-likeness (QED) is 0.599. The minimum atomic E-state index is -3.18. The first-order chi connectivity index (χ1) is 16.1. The van der Waals surface area contributed by atoms with Gasteiger partial charge in [0.05, 0.1) is 11.8 Å². The normalized spacial score (nSPS) is 37.7. The van der Waals surface area contributed by atoms with E-state index in [9.17, 15) is 18.0 Å². The first-order valence-electron chi connectivity index (χ1n) is 12.3. The lowest BCUT2D eigenvalue weighted by molar-refractivity contribution is -0.182. The number of aromatic nitrogens is 2. The van der Waals surface area contributed by atoms with Crippen molar-refractivity contribution < 1.29 is 18.0 Å². The van der Waals surface area contributed by atoms with Crippen molar-refractivity contribution in [3.63, 3.8) is 0 Å². The first kappa shape index (κ1) is 22.2. The molecule has 11 heteroatoms. The third-order valence-electron chi connectivity index (χ3n) is 9.53. The molecule has 7 rings (SSSR count). The molecule has 6 aliphatic rings. The van der Waals surface area contributed by atoms with Crippen LogP contribution >= 0.6 is 0 Å². The zero-order chi connectivity index (χ0) is 24.0. The van der Waals surface area contributed by atoms with Gasteiger partial charge in [0.15, 0.2) is 0 Å². The molecule has 5 fully saturated rings. The smallest absolute Gasteiger partial charge is 0.244 e. The molecule has 0 aromatic carbocycles. The van der Waals surface area contributed by atoms with Gasteiger partial charge in [-0.25, -0.2) is 17.7 Å². The predicted octanol–water partition coefficient (Wildman–Crippen LogP) is 0.752. The lowest BCUT2D eigenvalue weighted by Gasteiger charge is -2.76. The maximum atomic E-state index is 14.0. The molecule has 2 amide bonds. The summed E-state index contributed by atoms with van der Waals surface area (Å²) in [4.78, 5) is 38.2. The van der Waals surface area contributed by atoms with Crippen molar-refractivity contribution >= 4 is 33.6 Å². The van der Waals surface area contributed by atoms with Gasteiger partial charge >= 0.3 is 0 Å². The number of hydrogen-bond donors (Lipinski definition) is 2. The van der Waals surface area contributed by atoms with Crippen LogP contribution in [0.15, 0.2) is 6.20 Å². The third-order valence-corrected chi connectivity index (χ3v) is 10.8. The number of carbonyl (C=O) groups is 2. The Labute approximate surface area is 199 Å². The Morgan fingerprint density at radius 3 is 2.44 bits per heavy atom. The first-order valence-corrected chi connectivity index (χ1v) is 14.1. The van der Waals surface area contributed by atoms with Gasteiger partial charge in [0.2, 0.25) is 27.8 Å². The standard InChI is InChI=1S/C23H32N6O4S/c1-13-17-11-23(13,14(17)2)29-18-15(10-22(20(29)31)6-7-24-19(22)30)12-25-21(27-18)26-16-4-8-28(9-5-16)34(3,32)33/h12-14,16-17H,4-11H2,1-3H3,(H,24,30)(H,25,26,27)/t13-,14-,17?,22-,23?/m1/s1. The van der Waals surface area contributed by atoms with Gasteiger partial charge in [-0.05, 0) is 43.4 Å². The summed E-state index contributed by atoms with van der Waals surface area (Å²) in [5.41, 5.74) is -0.490. The van der Waals surface area contributed by atoms with Crippen LogP contribution in [0.5, 0.6) is 0 Å². The minimum absolute atomic E-state index is 0.0588. The van der Waals surface area contributed by atoms with Crippen LogP contribution < -0.4 is 15.5 Å². The Morgan fingerprint density at radius 2 is 1.88 bits per heavy atom. The molecule has 3 atom stereocenters. The molecule has 1 aromatic rings. The highest BCUT2D eigenvalue weighted by atomic mass is 32.2. The fraction of sp³-hybridized carbons (Fsp3) is 0.739. The lowest BCUT2D eigenvalue weighted by atomic mass is 9.36. The van der Waals surface area contributed by atoms with Gasteiger partial charge in [0.25, 0.3) is 0 Å². The Morgan fingerprint density at radius 1 is 1.18 bits per heavy atom. The molecule has 2 bridgehead atoms. The van der Waals surface area contributed by atoms with Gasteiger partial charge in [0, 0.05) is 43.9 Å². The van der Waals surface area contributed by atoms with Crippen LogP contribution in [0.2, 0.25) is 0 Å². The number of sulfonamides is 1. The number of anilines is 2. The zero-order valence-electron chi connectivity index (χ0n) is 19.9. The van der Waals surface area contributed by atoms with Crippen LogP contribution in [-0.4, -0.2) is 72.0 Å². The Hall–Kier alpha value is -2.27. The van der Waals surface area contributed by atoms with E-state index < -0.39 is 15.4 Å². The summed E-state index contributed by atoms with van der Waals surface area (Å²) in [5, 5.41) is 6.25. The monoisotopic (exact) mass is 488 g/mol. The van der Waals surface area contributed by atoms with Gasteiger partial charge in [-0.15, -0.1) is 0 Å². The number of piperidine rings is 1. The Bertz CT molecular complexity index is 1170. The van der Waals surface area contributed by atoms with Crippen LogP contribution in [-0.2, 0) is 26.0 Å². The number of nitrogens with zero attached hydrogens (tertiary/aromatic N) is 4. The molecule has 3 aliphatic heterocycles. The molecule has 0 unspecified atom stereocenters.